The molecule has 1 aromatic carbocycles. The average molecular weight is 268 g/mol. The Balaban J connectivity index is 1.98. The van der Waals surface area contributed by atoms with E-state index in [9.17, 15) is 4.79 Å². The molecule has 0 aliphatic heterocycles. The smallest absolute Gasteiger partial charge is 0.224 e. The number of anilines is 1. The second-order valence-electron chi connectivity index (χ2n) is 4.83. The number of carbonyl (C=O) groups is 1. The van der Waals surface area contributed by atoms with Crippen LogP contribution in [0.3, 0.4) is 0 Å². The van der Waals surface area contributed by atoms with Gasteiger partial charge in [-0.3, -0.25) is 9.78 Å². The van der Waals surface area contributed by atoms with Gasteiger partial charge < -0.3 is 5.32 Å². The van der Waals surface area contributed by atoms with Crippen LogP contribution >= 0.6 is 0 Å². The van der Waals surface area contributed by atoms with E-state index in [2.05, 4.69) is 23.3 Å². The van der Waals surface area contributed by atoms with Gasteiger partial charge in [-0.15, -0.1) is 0 Å². The van der Waals surface area contributed by atoms with Crippen LogP contribution in [-0.2, 0) is 17.6 Å². The predicted octanol–water partition coefficient (Wildman–Crippen LogP) is 3.52. The fourth-order valence-electron chi connectivity index (χ4n) is 2.19. The first-order valence-electron chi connectivity index (χ1n) is 6.99. The highest BCUT2D eigenvalue weighted by atomic mass is 16.1. The summed E-state index contributed by atoms with van der Waals surface area (Å²) in [4.78, 5) is 16.3. The summed E-state index contributed by atoms with van der Waals surface area (Å²) in [5.41, 5.74) is 4.19. The Morgan fingerprint density at radius 3 is 2.75 bits per heavy atom. The highest BCUT2D eigenvalue weighted by Crippen LogP contribution is 2.21. The molecule has 2 rings (SSSR count). The Labute approximate surface area is 120 Å². The van der Waals surface area contributed by atoms with Crippen molar-refractivity contribution in [3.05, 3.63) is 59.4 Å². The molecule has 3 heteroatoms. The molecule has 0 saturated heterocycles. The van der Waals surface area contributed by atoms with Crippen molar-refractivity contribution in [1.82, 2.24) is 4.98 Å². The minimum absolute atomic E-state index is 0.0413. The molecule has 1 amide bonds. The van der Waals surface area contributed by atoms with Crippen LogP contribution in [0.1, 0.15) is 30.2 Å². The lowest BCUT2D eigenvalue weighted by Crippen LogP contribution is -2.15. The van der Waals surface area contributed by atoms with Crippen molar-refractivity contribution >= 4 is 11.6 Å². The Morgan fingerprint density at radius 1 is 1.20 bits per heavy atom. The number of amides is 1. The summed E-state index contributed by atoms with van der Waals surface area (Å²) in [6.07, 6.45) is 3.79. The summed E-state index contributed by atoms with van der Waals surface area (Å²) in [5.74, 6) is 0.0413. The highest BCUT2D eigenvalue weighted by Gasteiger charge is 2.08. The monoisotopic (exact) mass is 268 g/mol. The van der Waals surface area contributed by atoms with E-state index in [1.54, 1.807) is 6.20 Å². The van der Waals surface area contributed by atoms with Gasteiger partial charge in [0, 0.05) is 24.0 Å². The number of carbonyl (C=O) groups excluding carboxylic acids is 1. The van der Waals surface area contributed by atoms with Gasteiger partial charge in [-0.1, -0.05) is 31.2 Å². The lowest BCUT2D eigenvalue weighted by Gasteiger charge is -2.12. The van der Waals surface area contributed by atoms with Crippen molar-refractivity contribution in [3.63, 3.8) is 0 Å². The normalized spacial score (nSPS) is 10.3. The Hall–Kier alpha value is -2.16. The molecular weight excluding hydrogens is 248 g/mol. The first-order chi connectivity index (χ1) is 9.70. The van der Waals surface area contributed by atoms with Gasteiger partial charge in [0.05, 0.1) is 0 Å². The quantitative estimate of drug-likeness (QED) is 0.901. The number of hydrogen-bond acceptors (Lipinski definition) is 2. The summed E-state index contributed by atoms with van der Waals surface area (Å²) >= 11 is 0. The summed E-state index contributed by atoms with van der Waals surface area (Å²) in [6, 6.07) is 11.9. The predicted molar refractivity (Wildman–Crippen MR) is 81.7 cm³/mol. The van der Waals surface area contributed by atoms with E-state index in [1.165, 1.54) is 5.56 Å². The third-order valence-corrected chi connectivity index (χ3v) is 3.34. The molecule has 0 unspecified atom stereocenters. The fourth-order valence-corrected chi connectivity index (χ4v) is 2.19. The molecule has 1 aromatic heterocycles. The number of para-hydroxylation sites is 1. The van der Waals surface area contributed by atoms with Crippen LogP contribution in [-0.4, -0.2) is 10.9 Å². The minimum atomic E-state index is 0.0413. The van der Waals surface area contributed by atoms with Crippen LogP contribution in [0.15, 0.2) is 42.6 Å². The van der Waals surface area contributed by atoms with Crippen LogP contribution < -0.4 is 5.32 Å². The Kier molecular flexibility index (Phi) is 4.88. The van der Waals surface area contributed by atoms with Gasteiger partial charge in [0.2, 0.25) is 5.91 Å². The number of aromatic nitrogens is 1. The first-order valence-corrected chi connectivity index (χ1v) is 6.99. The molecule has 0 saturated carbocycles. The number of nitrogens with zero attached hydrogens (tertiary/aromatic N) is 1. The number of nitrogens with one attached hydrogen (secondary N) is 1. The lowest BCUT2D eigenvalue weighted by atomic mass is 10.1. The number of hydrogen-bond donors (Lipinski definition) is 1. The summed E-state index contributed by atoms with van der Waals surface area (Å²) in [5, 5.41) is 3.03. The zero-order valence-electron chi connectivity index (χ0n) is 12.0. The maximum atomic E-state index is 12.1. The van der Waals surface area contributed by atoms with E-state index in [0.717, 1.165) is 23.4 Å². The second kappa shape index (κ2) is 6.85. The molecule has 0 fully saturated rings. The molecule has 0 aliphatic carbocycles. The molecule has 0 aliphatic rings. The van der Waals surface area contributed by atoms with Crippen molar-refractivity contribution in [2.75, 3.05) is 5.32 Å². The summed E-state index contributed by atoms with van der Waals surface area (Å²) < 4.78 is 0. The van der Waals surface area contributed by atoms with Crippen molar-refractivity contribution in [2.45, 2.75) is 33.1 Å². The van der Waals surface area contributed by atoms with Gasteiger partial charge >= 0.3 is 0 Å². The van der Waals surface area contributed by atoms with Crippen molar-refractivity contribution in [2.24, 2.45) is 0 Å². The van der Waals surface area contributed by atoms with Gasteiger partial charge in [-0.05, 0) is 43.0 Å². The fraction of sp³-hybridized carbons (Fsp3) is 0.294. The van der Waals surface area contributed by atoms with Crippen molar-refractivity contribution in [1.29, 1.82) is 0 Å². The van der Waals surface area contributed by atoms with E-state index >= 15 is 0 Å². The zero-order valence-corrected chi connectivity index (χ0v) is 12.0. The molecule has 0 bridgehead atoms. The molecule has 1 N–H and O–H groups in total. The SMILES string of the molecule is CCc1cccc(C)c1NC(=O)CCc1ccccn1. The van der Waals surface area contributed by atoms with Gasteiger partial charge in [0.15, 0.2) is 0 Å². The Morgan fingerprint density at radius 2 is 2.05 bits per heavy atom. The van der Waals surface area contributed by atoms with E-state index in [0.29, 0.717) is 12.8 Å². The maximum absolute atomic E-state index is 12.1. The molecule has 1 heterocycles. The highest BCUT2D eigenvalue weighted by molar-refractivity contribution is 5.92. The van der Waals surface area contributed by atoms with Crippen LogP contribution in [0.4, 0.5) is 5.69 Å². The number of rotatable bonds is 5. The number of pyridine rings is 1. The Bertz CT molecular complexity index is 579. The maximum Gasteiger partial charge on any atom is 0.224 e. The van der Waals surface area contributed by atoms with Crippen LogP contribution in [0, 0.1) is 6.92 Å². The molecular formula is C17H20N2O. The van der Waals surface area contributed by atoms with E-state index < -0.39 is 0 Å². The van der Waals surface area contributed by atoms with E-state index in [4.69, 9.17) is 0 Å². The van der Waals surface area contributed by atoms with Crippen LogP contribution in [0.25, 0.3) is 0 Å². The minimum Gasteiger partial charge on any atom is -0.326 e. The second-order valence-corrected chi connectivity index (χ2v) is 4.83. The van der Waals surface area contributed by atoms with Crippen LogP contribution in [0.2, 0.25) is 0 Å². The molecule has 104 valence electrons. The van der Waals surface area contributed by atoms with Crippen molar-refractivity contribution in [3.8, 4) is 0 Å². The van der Waals surface area contributed by atoms with Crippen LogP contribution in [0.5, 0.6) is 0 Å². The molecule has 0 spiro atoms. The summed E-state index contributed by atoms with van der Waals surface area (Å²) in [7, 11) is 0. The zero-order chi connectivity index (χ0) is 14.4. The lowest BCUT2D eigenvalue weighted by molar-refractivity contribution is -0.116. The average Bonchev–Trinajstić information content (AvgIpc) is 2.48. The third kappa shape index (κ3) is 3.67. The summed E-state index contributed by atoms with van der Waals surface area (Å²) in [6.45, 7) is 4.12. The topological polar surface area (TPSA) is 42.0 Å². The van der Waals surface area contributed by atoms with Gasteiger partial charge in [0.1, 0.15) is 0 Å². The van der Waals surface area contributed by atoms with E-state index in [1.807, 2.05) is 37.3 Å². The van der Waals surface area contributed by atoms with Gasteiger partial charge in [-0.2, -0.15) is 0 Å². The molecule has 2 aromatic rings. The standard InChI is InChI=1S/C17H20N2O/c1-3-14-8-6-7-13(2)17(14)19-16(20)11-10-15-9-4-5-12-18-15/h4-9,12H,3,10-11H2,1-2H3,(H,19,20). The van der Waals surface area contributed by atoms with E-state index in [-0.39, 0.29) is 5.91 Å². The number of aryl methyl sites for hydroxylation is 3. The molecule has 3 nitrogen and oxygen atoms in total. The van der Waals surface area contributed by atoms with Gasteiger partial charge in [0.25, 0.3) is 0 Å². The third-order valence-electron chi connectivity index (χ3n) is 3.34. The molecule has 0 atom stereocenters. The molecule has 20 heavy (non-hydrogen) atoms. The molecule has 0 radical (unpaired) electrons. The van der Waals surface area contributed by atoms with Gasteiger partial charge in [-0.25, -0.2) is 0 Å². The van der Waals surface area contributed by atoms with Crippen molar-refractivity contribution < 1.29 is 4.79 Å². The number of benzene rings is 1. The largest absolute Gasteiger partial charge is 0.326 e. The first kappa shape index (κ1) is 14.3.